The van der Waals surface area contributed by atoms with E-state index in [9.17, 15) is 9.59 Å². The molecule has 3 aromatic rings. The number of piperazine rings is 1. The van der Waals surface area contributed by atoms with Crippen molar-refractivity contribution >= 4 is 34.4 Å². The van der Waals surface area contributed by atoms with E-state index >= 15 is 0 Å². The zero-order chi connectivity index (χ0) is 21.8. The lowest BCUT2D eigenvalue weighted by atomic mass is 10.0. The predicted octanol–water partition coefficient (Wildman–Crippen LogP) is 3.81. The maximum Gasteiger partial charge on any atom is 0.327 e. The van der Waals surface area contributed by atoms with Crippen LogP contribution in [0.25, 0.3) is 10.9 Å². The Kier molecular flexibility index (Phi) is 6.59. The van der Waals surface area contributed by atoms with E-state index in [2.05, 4.69) is 11.1 Å². The van der Waals surface area contributed by atoms with Gasteiger partial charge in [0.15, 0.2) is 0 Å². The zero-order valence-electron chi connectivity index (χ0n) is 17.5. The summed E-state index contributed by atoms with van der Waals surface area (Å²) in [5.74, 6) is -0.204. The number of nitrogens with zero attached hydrogens (tertiary/aromatic N) is 2. The number of fused-ring (bicyclic) bond motifs is 1. The lowest BCUT2D eigenvalue weighted by Gasteiger charge is -2.38. The summed E-state index contributed by atoms with van der Waals surface area (Å²) in [6.45, 7) is 2.32. The molecule has 1 aromatic heterocycles. The van der Waals surface area contributed by atoms with Gasteiger partial charge in [-0.25, -0.2) is 4.79 Å². The van der Waals surface area contributed by atoms with Crippen LogP contribution in [0.4, 0.5) is 0 Å². The van der Waals surface area contributed by atoms with Gasteiger partial charge in [0.05, 0.1) is 7.11 Å². The second-order valence-corrected chi connectivity index (χ2v) is 8.13. The van der Waals surface area contributed by atoms with Crippen LogP contribution < -0.4 is 0 Å². The number of H-pyrrole nitrogens is 1. The lowest BCUT2D eigenvalue weighted by Crippen LogP contribution is -2.51. The first-order chi connectivity index (χ1) is 15.1. The molecule has 1 aliphatic heterocycles. The van der Waals surface area contributed by atoms with Crippen molar-refractivity contribution < 1.29 is 14.3 Å². The van der Waals surface area contributed by atoms with E-state index in [0.29, 0.717) is 44.0 Å². The fourth-order valence-electron chi connectivity index (χ4n) is 4.25. The number of hydrogen-bond acceptors (Lipinski definition) is 4. The Balaban J connectivity index is 1.37. The van der Waals surface area contributed by atoms with Crippen molar-refractivity contribution in [1.82, 2.24) is 14.8 Å². The molecule has 0 saturated carbocycles. The number of carbonyl (C=O) groups excluding carboxylic acids is 2. The van der Waals surface area contributed by atoms with Crippen LogP contribution in [0, 0.1) is 0 Å². The van der Waals surface area contributed by atoms with Crippen LogP contribution in [0.3, 0.4) is 0 Å². The molecular formula is C24H26ClN3O3. The minimum atomic E-state index is -0.567. The van der Waals surface area contributed by atoms with Crippen LogP contribution in [0.1, 0.15) is 23.6 Å². The van der Waals surface area contributed by atoms with Gasteiger partial charge < -0.3 is 14.6 Å². The highest BCUT2D eigenvalue weighted by molar-refractivity contribution is 6.31. The second-order valence-electron chi connectivity index (χ2n) is 7.72. The van der Waals surface area contributed by atoms with Gasteiger partial charge in [0.2, 0.25) is 5.91 Å². The fraction of sp³-hybridized carbons (Fsp3) is 0.333. The first-order valence-electron chi connectivity index (χ1n) is 10.5. The molecule has 1 unspecified atom stereocenters. The maximum absolute atomic E-state index is 12.8. The number of aryl methyl sites for hydroxylation is 1. The Labute approximate surface area is 186 Å². The Morgan fingerprint density at radius 1 is 1.06 bits per heavy atom. The van der Waals surface area contributed by atoms with Gasteiger partial charge in [0.25, 0.3) is 0 Å². The summed E-state index contributed by atoms with van der Waals surface area (Å²) in [5.41, 5.74) is 2.98. The largest absolute Gasteiger partial charge is 0.468 e. The Morgan fingerprint density at radius 2 is 1.77 bits per heavy atom. The quantitative estimate of drug-likeness (QED) is 0.593. The molecular weight excluding hydrogens is 414 g/mol. The number of benzene rings is 2. The van der Waals surface area contributed by atoms with Crippen molar-refractivity contribution in [3.05, 3.63) is 70.9 Å². The number of aromatic amines is 1. The van der Waals surface area contributed by atoms with Gasteiger partial charge in [-0.3, -0.25) is 9.69 Å². The number of rotatable bonds is 6. The minimum Gasteiger partial charge on any atom is -0.468 e. The molecule has 1 amide bonds. The first-order valence-corrected chi connectivity index (χ1v) is 10.9. The zero-order valence-corrected chi connectivity index (χ0v) is 18.3. The highest BCUT2D eigenvalue weighted by Crippen LogP contribution is 2.29. The highest BCUT2D eigenvalue weighted by Gasteiger charge is 2.33. The average Bonchev–Trinajstić information content (AvgIpc) is 3.22. The van der Waals surface area contributed by atoms with E-state index < -0.39 is 6.04 Å². The Hall–Kier alpha value is -2.83. The third-order valence-corrected chi connectivity index (χ3v) is 6.28. The van der Waals surface area contributed by atoms with Crippen molar-refractivity contribution in [3.8, 4) is 0 Å². The maximum atomic E-state index is 12.8. The molecule has 0 spiro atoms. The van der Waals surface area contributed by atoms with E-state index in [4.69, 9.17) is 16.3 Å². The number of halogens is 1. The molecule has 0 aliphatic carbocycles. The Morgan fingerprint density at radius 3 is 2.52 bits per heavy atom. The molecule has 4 rings (SSSR count). The van der Waals surface area contributed by atoms with Crippen LogP contribution in [-0.4, -0.2) is 59.9 Å². The molecule has 162 valence electrons. The molecule has 1 atom stereocenters. The third-order valence-electron chi connectivity index (χ3n) is 5.94. The van der Waals surface area contributed by atoms with Crippen LogP contribution in [0.2, 0.25) is 5.02 Å². The van der Waals surface area contributed by atoms with Crippen molar-refractivity contribution in [2.24, 2.45) is 0 Å². The molecule has 31 heavy (non-hydrogen) atoms. The van der Waals surface area contributed by atoms with Crippen LogP contribution in [0.5, 0.6) is 0 Å². The average molecular weight is 440 g/mol. The number of amides is 1. The fourth-order valence-corrected chi connectivity index (χ4v) is 4.49. The summed E-state index contributed by atoms with van der Waals surface area (Å²) in [4.78, 5) is 32.5. The number of esters is 1. The molecule has 7 heteroatoms. The van der Waals surface area contributed by atoms with E-state index in [1.165, 1.54) is 12.5 Å². The minimum absolute atomic E-state index is 0.136. The summed E-state index contributed by atoms with van der Waals surface area (Å²) in [6.07, 6.45) is 3.15. The molecule has 1 aliphatic rings. The molecule has 1 N–H and O–H groups in total. The number of nitrogens with one attached hydrogen (secondary N) is 1. The van der Waals surface area contributed by atoms with Gasteiger partial charge >= 0.3 is 5.97 Å². The highest BCUT2D eigenvalue weighted by atomic mass is 35.5. The third kappa shape index (κ3) is 4.60. The van der Waals surface area contributed by atoms with Gasteiger partial charge in [-0.05, 0) is 29.7 Å². The van der Waals surface area contributed by atoms with E-state index in [1.807, 2.05) is 52.4 Å². The molecule has 2 heterocycles. The number of para-hydroxylation sites is 1. The van der Waals surface area contributed by atoms with Gasteiger partial charge in [0, 0.05) is 54.7 Å². The summed E-state index contributed by atoms with van der Waals surface area (Å²) >= 11 is 6.35. The standard InChI is InChI=1S/C24H26ClN3O3/c1-31-24(30)23(19-7-2-4-8-20(19)25)28-14-12-27(13-15-28)22(29)11-10-17-16-26-21-9-5-3-6-18(17)21/h2-9,16,23,26H,10-15H2,1H3. The van der Waals surface area contributed by atoms with Crippen molar-refractivity contribution in [1.29, 1.82) is 0 Å². The van der Waals surface area contributed by atoms with E-state index in [1.54, 1.807) is 6.07 Å². The van der Waals surface area contributed by atoms with Crippen molar-refractivity contribution in [3.63, 3.8) is 0 Å². The van der Waals surface area contributed by atoms with Gasteiger partial charge in [-0.15, -0.1) is 0 Å². The second kappa shape index (κ2) is 9.54. The first kappa shape index (κ1) is 21.4. The molecule has 1 fully saturated rings. The van der Waals surface area contributed by atoms with Crippen molar-refractivity contribution in [2.45, 2.75) is 18.9 Å². The SMILES string of the molecule is COC(=O)C(c1ccccc1Cl)N1CCN(C(=O)CCc2c[nH]c3ccccc23)CC1. The molecule has 2 aromatic carbocycles. The van der Waals surface area contributed by atoms with Gasteiger partial charge in [-0.2, -0.15) is 0 Å². The van der Waals surface area contributed by atoms with Crippen molar-refractivity contribution in [2.75, 3.05) is 33.3 Å². The van der Waals surface area contributed by atoms with Crippen LogP contribution >= 0.6 is 11.6 Å². The van der Waals surface area contributed by atoms with Gasteiger partial charge in [0.1, 0.15) is 6.04 Å². The number of carbonyl (C=O) groups is 2. The number of hydrogen-bond donors (Lipinski definition) is 1. The Bertz CT molecular complexity index is 1070. The molecule has 0 bridgehead atoms. The molecule has 1 saturated heterocycles. The lowest BCUT2D eigenvalue weighted by molar-refractivity contribution is -0.148. The normalized spacial score (nSPS) is 15.7. The summed E-state index contributed by atoms with van der Waals surface area (Å²) in [5, 5.41) is 1.70. The van der Waals surface area contributed by atoms with Crippen LogP contribution in [-0.2, 0) is 20.7 Å². The predicted molar refractivity (Wildman–Crippen MR) is 121 cm³/mol. The summed E-state index contributed by atoms with van der Waals surface area (Å²) in [7, 11) is 1.39. The summed E-state index contributed by atoms with van der Waals surface area (Å²) in [6, 6.07) is 14.9. The number of aromatic nitrogens is 1. The van der Waals surface area contributed by atoms with Gasteiger partial charge in [-0.1, -0.05) is 48.0 Å². The number of methoxy groups -OCH3 is 1. The van der Waals surface area contributed by atoms with E-state index in [0.717, 1.165) is 16.6 Å². The van der Waals surface area contributed by atoms with Crippen LogP contribution in [0.15, 0.2) is 54.7 Å². The smallest absolute Gasteiger partial charge is 0.327 e. The van der Waals surface area contributed by atoms with E-state index in [-0.39, 0.29) is 11.9 Å². The molecule has 6 nitrogen and oxygen atoms in total. The topological polar surface area (TPSA) is 65.6 Å². The monoisotopic (exact) mass is 439 g/mol. The molecule has 0 radical (unpaired) electrons. The number of ether oxygens (including phenoxy) is 1. The summed E-state index contributed by atoms with van der Waals surface area (Å²) < 4.78 is 5.04.